The van der Waals surface area contributed by atoms with Gasteiger partial charge in [0, 0.05) is 23.7 Å². The number of hydrogen-bond acceptors (Lipinski definition) is 2. The second-order valence-electron chi connectivity index (χ2n) is 8.60. The fourth-order valence-electron chi connectivity index (χ4n) is 5.05. The van der Waals surface area contributed by atoms with Crippen molar-refractivity contribution in [2.24, 2.45) is 5.92 Å². The maximum Gasteiger partial charge on any atom is 0.252 e. The first kappa shape index (κ1) is 20.0. The summed E-state index contributed by atoms with van der Waals surface area (Å²) in [6, 6.07) is 7.94. The van der Waals surface area contributed by atoms with Gasteiger partial charge in [-0.15, -0.1) is 0 Å². The van der Waals surface area contributed by atoms with Crippen LogP contribution in [0.2, 0.25) is 5.02 Å². The lowest BCUT2D eigenvalue weighted by Crippen LogP contribution is -2.39. The number of nitrogens with zero attached hydrogens (tertiary/aromatic N) is 1. The Balaban J connectivity index is 1.39. The SMILES string of the molecule is O=C1C2=C(CCCC2)[C@@H](OCCC2CCCCC2)N1CCc1ccc(Cl)cc1. The fraction of sp³-hybridized carbons (Fsp3) is 0.625. The van der Waals surface area contributed by atoms with E-state index in [-0.39, 0.29) is 12.1 Å². The van der Waals surface area contributed by atoms with Crippen molar-refractivity contribution < 1.29 is 9.53 Å². The van der Waals surface area contributed by atoms with Gasteiger partial charge < -0.3 is 9.64 Å². The number of halogens is 1. The van der Waals surface area contributed by atoms with Crippen LogP contribution in [0.3, 0.4) is 0 Å². The van der Waals surface area contributed by atoms with E-state index >= 15 is 0 Å². The molecular weight excluding hydrogens is 370 g/mol. The number of benzene rings is 1. The Morgan fingerprint density at radius 3 is 2.54 bits per heavy atom. The minimum atomic E-state index is -0.126. The molecule has 1 amide bonds. The first-order valence-corrected chi connectivity index (χ1v) is 11.5. The van der Waals surface area contributed by atoms with E-state index in [2.05, 4.69) is 12.1 Å². The summed E-state index contributed by atoms with van der Waals surface area (Å²) < 4.78 is 6.39. The number of rotatable bonds is 7. The topological polar surface area (TPSA) is 29.5 Å². The Hall–Kier alpha value is -1.32. The first-order valence-electron chi connectivity index (χ1n) is 11.1. The summed E-state index contributed by atoms with van der Waals surface area (Å²) in [6.45, 7) is 1.48. The van der Waals surface area contributed by atoms with Crippen LogP contribution in [0.25, 0.3) is 0 Å². The highest BCUT2D eigenvalue weighted by atomic mass is 35.5. The average molecular weight is 402 g/mol. The van der Waals surface area contributed by atoms with Gasteiger partial charge in [-0.05, 0) is 67.7 Å². The number of amides is 1. The molecule has 0 unspecified atom stereocenters. The third-order valence-electron chi connectivity index (χ3n) is 6.69. The molecule has 1 fully saturated rings. The molecule has 0 saturated heterocycles. The van der Waals surface area contributed by atoms with Gasteiger partial charge >= 0.3 is 0 Å². The summed E-state index contributed by atoms with van der Waals surface area (Å²) in [5.74, 6) is 1.03. The Labute approximate surface area is 174 Å². The van der Waals surface area contributed by atoms with Gasteiger partial charge in [0.25, 0.3) is 5.91 Å². The van der Waals surface area contributed by atoms with Crippen LogP contribution in [0.5, 0.6) is 0 Å². The number of carbonyl (C=O) groups excluding carboxylic acids is 1. The van der Waals surface area contributed by atoms with E-state index in [4.69, 9.17) is 16.3 Å². The molecule has 2 aliphatic carbocycles. The van der Waals surface area contributed by atoms with Crippen LogP contribution >= 0.6 is 11.6 Å². The van der Waals surface area contributed by atoms with Gasteiger partial charge in [0.1, 0.15) is 0 Å². The van der Waals surface area contributed by atoms with E-state index < -0.39 is 0 Å². The van der Waals surface area contributed by atoms with Crippen molar-refractivity contribution in [3.05, 3.63) is 46.0 Å². The zero-order valence-electron chi connectivity index (χ0n) is 16.8. The summed E-state index contributed by atoms with van der Waals surface area (Å²) in [5, 5.41) is 0.752. The standard InChI is InChI=1S/C24H32ClNO2/c25-20-12-10-19(11-13-20)14-16-26-23(27)21-8-4-5-9-22(21)24(26)28-17-15-18-6-2-1-3-7-18/h10-13,18,24H,1-9,14-17H2/t24-/m1/s1. The van der Waals surface area contributed by atoms with Crippen LogP contribution in [-0.4, -0.2) is 30.2 Å². The molecule has 1 aromatic rings. The van der Waals surface area contributed by atoms with Crippen molar-refractivity contribution in [1.82, 2.24) is 4.90 Å². The van der Waals surface area contributed by atoms with Gasteiger partial charge in [0.05, 0.1) is 0 Å². The number of ether oxygens (including phenoxy) is 1. The summed E-state index contributed by atoms with van der Waals surface area (Å²) >= 11 is 6.00. The van der Waals surface area contributed by atoms with Gasteiger partial charge in [0.2, 0.25) is 0 Å². The highest BCUT2D eigenvalue weighted by Crippen LogP contribution is 2.37. The van der Waals surface area contributed by atoms with E-state index in [0.717, 1.165) is 55.2 Å². The second-order valence-corrected chi connectivity index (χ2v) is 9.04. The first-order chi connectivity index (χ1) is 13.7. The summed E-state index contributed by atoms with van der Waals surface area (Å²) in [5.41, 5.74) is 3.53. The van der Waals surface area contributed by atoms with Crippen molar-refractivity contribution >= 4 is 17.5 Å². The third kappa shape index (κ3) is 4.63. The minimum absolute atomic E-state index is 0.126. The van der Waals surface area contributed by atoms with Gasteiger partial charge in [-0.2, -0.15) is 0 Å². The highest BCUT2D eigenvalue weighted by molar-refractivity contribution is 6.30. The molecule has 0 N–H and O–H groups in total. The lowest BCUT2D eigenvalue weighted by Gasteiger charge is -2.29. The van der Waals surface area contributed by atoms with E-state index in [0.29, 0.717) is 6.54 Å². The van der Waals surface area contributed by atoms with Crippen LogP contribution in [0, 0.1) is 5.92 Å². The molecule has 0 bridgehead atoms. The average Bonchev–Trinajstić information content (AvgIpc) is 3.00. The predicted octanol–water partition coefficient (Wildman–Crippen LogP) is 5.91. The third-order valence-corrected chi connectivity index (χ3v) is 6.94. The van der Waals surface area contributed by atoms with Gasteiger partial charge in [-0.3, -0.25) is 4.79 Å². The minimum Gasteiger partial charge on any atom is -0.354 e. The lowest BCUT2D eigenvalue weighted by atomic mass is 9.87. The zero-order chi connectivity index (χ0) is 19.3. The van der Waals surface area contributed by atoms with E-state index in [9.17, 15) is 4.79 Å². The maximum atomic E-state index is 13.1. The summed E-state index contributed by atoms with van der Waals surface area (Å²) in [6.07, 6.45) is 12.9. The Morgan fingerprint density at radius 1 is 1.00 bits per heavy atom. The molecule has 28 heavy (non-hydrogen) atoms. The zero-order valence-corrected chi connectivity index (χ0v) is 17.6. The fourth-order valence-corrected chi connectivity index (χ4v) is 5.17. The van der Waals surface area contributed by atoms with Crippen molar-refractivity contribution in [3.8, 4) is 0 Å². The summed E-state index contributed by atoms with van der Waals surface area (Å²) in [7, 11) is 0. The predicted molar refractivity (Wildman–Crippen MR) is 113 cm³/mol. The second kappa shape index (κ2) is 9.45. The molecule has 1 heterocycles. The molecule has 1 atom stereocenters. The molecular formula is C24H32ClNO2. The Kier molecular flexibility index (Phi) is 6.74. The molecule has 3 aliphatic rings. The normalized spacial score (nSPS) is 23.4. The van der Waals surface area contributed by atoms with Crippen molar-refractivity contribution in [2.75, 3.05) is 13.2 Å². The van der Waals surface area contributed by atoms with Crippen molar-refractivity contribution in [1.29, 1.82) is 0 Å². The lowest BCUT2D eigenvalue weighted by molar-refractivity contribution is -0.135. The van der Waals surface area contributed by atoms with Gasteiger partial charge in [-0.1, -0.05) is 55.8 Å². The van der Waals surface area contributed by atoms with Crippen LogP contribution < -0.4 is 0 Å². The maximum absolute atomic E-state index is 13.1. The van der Waals surface area contributed by atoms with Crippen LogP contribution in [0.4, 0.5) is 0 Å². The molecule has 4 heteroatoms. The highest BCUT2D eigenvalue weighted by Gasteiger charge is 2.40. The molecule has 1 saturated carbocycles. The quantitative estimate of drug-likeness (QED) is 0.568. The smallest absolute Gasteiger partial charge is 0.252 e. The molecule has 1 aliphatic heterocycles. The Bertz CT molecular complexity index is 706. The molecule has 4 rings (SSSR count). The monoisotopic (exact) mass is 401 g/mol. The van der Waals surface area contributed by atoms with Crippen molar-refractivity contribution in [2.45, 2.75) is 76.9 Å². The largest absolute Gasteiger partial charge is 0.354 e. The molecule has 0 radical (unpaired) electrons. The van der Waals surface area contributed by atoms with E-state index in [1.165, 1.54) is 49.7 Å². The molecule has 0 aromatic heterocycles. The van der Waals surface area contributed by atoms with Crippen LogP contribution in [0.1, 0.15) is 69.8 Å². The van der Waals surface area contributed by atoms with Crippen LogP contribution in [0.15, 0.2) is 35.4 Å². The molecule has 0 spiro atoms. The van der Waals surface area contributed by atoms with E-state index in [1.54, 1.807) is 0 Å². The van der Waals surface area contributed by atoms with Gasteiger partial charge in [-0.25, -0.2) is 0 Å². The van der Waals surface area contributed by atoms with Crippen LogP contribution in [-0.2, 0) is 16.0 Å². The number of hydrogen-bond donors (Lipinski definition) is 0. The van der Waals surface area contributed by atoms with E-state index in [1.807, 2.05) is 17.0 Å². The molecule has 152 valence electrons. The summed E-state index contributed by atoms with van der Waals surface area (Å²) in [4.78, 5) is 15.0. The molecule has 1 aromatic carbocycles. The van der Waals surface area contributed by atoms with Crippen molar-refractivity contribution in [3.63, 3.8) is 0 Å². The Morgan fingerprint density at radius 2 is 1.75 bits per heavy atom. The molecule has 3 nitrogen and oxygen atoms in total. The number of carbonyl (C=O) groups is 1. The van der Waals surface area contributed by atoms with Gasteiger partial charge in [0.15, 0.2) is 6.23 Å².